The lowest BCUT2D eigenvalue weighted by atomic mass is 9.96. The standard InChI is InChI=1S/C23H28FN3O5/c24-18-5-3-17(4-6-18)21(29)27-19(22(30)26-11-13-31-14-12-26)15-32-23(27)7-9-25(10-8-23)20(28)16-1-2-16/h3-6,16,19H,1-2,7-15H2. The van der Waals surface area contributed by atoms with E-state index in [1.807, 2.05) is 4.90 Å². The Labute approximate surface area is 186 Å². The van der Waals surface area contributed by atoms with Gasteiger partial charge in [-0.05, 0) is 37.1 Å². The molecule has 1 aromatic rings. The Hall–Kier alpha value is -2.52. The summed E-state index contributed by atoms with van der Waals surface area (Å²) in [6.45, 7) is 2.97. The van der Waals surface area contributed by atoms with E-state index < -0.39 is 17.6 Å². The van der Waals surface area contributed by atoms with Crippen LogP contribution in [0.5, 0.6) is 0 Å². The average molecular weight is 445 g/mol. The minimum absolute atomic E-state index is 0.111. The zero-order chi connectivity index (χ0) is 22.3. The smallest absolute Gasteiger partial charge is 0.256 e. The van der Waals surface area contributed by atoms with Gasteiger partial charge in [0, 0.05) is 50.5 Å². The number of carbonyl (C=O) groups excluding carboxylic acids is 3. The fraction of sp³-hybridized carbons (Fsp3) is 0.609. The number of amides is 3. The molecule has 32 heavy (non-hydrogen) atoms. The van der Waals surface area contributed by atoms with Crippen molar-refractivity contribution in [1.29, 1.82) is 0 Å². The zero-order valence-electron chi connectivity index (χ0n) is 18.0. The summed E-state index contributed by atoms with van der Waals surface area (Å²) in [7, 11) is 0. The predicted octanol–water partition coefficient (Wildman–Crippen LogP) is 1.25. The first-order valence-electron chi connectivity index (χ1n) is 11.4. The number of morpholine rings is 1. The molecule has 0 bridgehead atoms. The maximum atomic E-state index is 13.6. The van der Waals surface area contributed by atoms with Gasteiger partial charge in [0.05, 0.1) is 19.8 Å². The van der Waals surface area contributed by atoms with Gasteiger partial charge in [0.15, 0.2) is 0 Å². The van der Waals surface area contributed by atoms with Crippen LogP contribution >= 0.6 is 0 Å². The third kappa shape index (κ3) is 3.88. The van der Waals surface area contributed by atoms with E-state index in [1.165, 1.54) is 24.3 Å². The first kappa shape index (κ1) is 21.3. The summed E-state index contributed by atoms with van der Waals surface area (Å²) in [5.74, 6) is -0.619. The molecule has 0 N–H and O–H groups in total. The van der Waals surface area contributed by atoms with E-state index in [1.54, 1.807) is 9.80 Å². The van der Waals surface area contributed by atoms with E-state index in [2.05, 4.69) is 0 Å². The van der Waals surface area contributed by atoms with Crippen molar-refractivity contribution in [2.75, 3.05) is 46.0 Å². The molecule has 1 aromatic carbocycles. The van der Waals surface area contributed by atoms with E-state index in [9.17, 15) is 18.8 Å². The van der Waals surface area contributed by atoms with Gasteiger partial charge in [-0.2, -0.15) is 0 Å². The third-order valence-electron chi connectivity index (χ3n) is 6.96. The van der Waals surface area contributed by atoms with Gasteiger partial charge in [-0.25, -0.2) is 4.39 Å². The van der Waals surface area contributed by atoms with Crippen molar-refractivity contribution in [2.45, 2.75) is 37.5 Å². The lowest BCUT2D eigenvalue weighted by Gasteiger charge is -2.45. The van der Waals surface area contributed by atoms with Gasteiger partial charge in [0.2, 0.25) is 11.8 Å². The molecule has 3 saturated heterocycles. The van der Waals surface area contributed by atoms with Crippen LogP contribution in [0.2, 0.25) is 0 Å². The Bertz CT molecular complexity index is 889. The summed E-state index contributed by atoms with van der Waals surface area (Å²) < 4.78 is 25.0. The number of benzene rings is 1. The molecule has 1 spiro atoms. The molecule has 1 aliphatic carbocycles. The lowest BCUT2D eigenvalue weighted by Crippen LogP contribution is -2.60. The van der Waals surface area contributed by atoms with Crippen molar-refractivity contribution in [2.24, 2.45) is 5.92 Å². The number of hydrogen-bond donors (Lipinski definition) is 0. The molecule has 1 saturated carbocycles. The number of carbonyl (C=O) groups is 3. The Morgan fingerprint density at radius 1 is 0.906 bits per heavy atom. The summed E-state index contributed by atoms with van der Waals surface area (Å²) in [5.41, 5.74) is -0.633. The topological polar surface area (TPSA) is 79.4 Å². The Morgan fingerprint density at radius 3 is 2.16 bits per heavy atom. The maximum absolute atomic E-state index is 13.6. The molecule has 0 aromatic heterocycles. The molecule has 3 aliphatic heterocycles. The molecule has 0 radical (unpaired) electrons. The highest BCUT2D eigenvalue weighted by Gasteiger charge is 2.55. The lowest BCUT2D eigenvalue weighted by molar-refractivity contribution is -0.147. The highest BCUT2D eigenvalue weighted by Crippen LogP contribution is 2.40. The maximum Gasteiger partial charge on any atom is 0.256 e. The average Bonchev–Trinajstić information content (AvgIpc) is 3.62. The van der Waals surface area contributed by atoms with E-state index in [-0.39, 0.29) is 30.2 Å². The predicted molar refractivity (Wildman–Crippen MR) is 111 cm³/mol. The van der Waals surface area contributed by atoms with Crippen LogP contribution in [-0.4, -0.2) is 90.2 Å². The van der Waals surface area contributed by atoms with Crippen molar-refractivity contribution in [3.63, 3.8) is 0 Å². The monoisotopic (exact) mass is 445 g/mol. The Morgan fingerprint density at radius 2 is 1.53 bits per heavy atom. The second kappa shape index (κ2) is 8.44. The zero-order valence-corrected chi connectivity index (χ0v) is 18.0. The van der Waals surface area contributed by atoms with E-state index >= 15 is 0 Å². The molecule has 1 atom stereocenters. The molecule has 4 fully saturated rings. The molecule has 4 aliphatic rings. The second-order valence-electron chi connectivity index (χ2n) is 8.99. The van der Waals surface area contributed by atoms with Gasteiger partial charge in [0.1, 0.15) is 17.6 Å². The SMILES string of the molecule is O=C(C1CC1)N1CCC2(CC1)OCC(C(=O)N1CCOCC1)N2C(=O)c1ccc(F)cc1. The molecular formula is C23H28FN3O5. The number of likely N-dealkylation sites (tertiary alicyclic amines) is 1. The van der Waals surface area contributed by atoms with Gasteiger partial charge in [-0.3, -0.25) is 19.3 Å². The van der Waals surface area contributed by atoms with Crippen molar-refractivity contribution in [3.05, 3.63) is 35.6 Å². The van der Waals surface area contributed by atoms with Crippen molar-refractivity contribution in [1.82, 2.24) is 14.7 Å². The molecule has 3 amide bonds. The largest absolute Gasteiger partial charge is 0.378 e. The minimum Gasteiger partial charge on any atom is -0.378 e. The highest BCUT2D eigenvalue weighted by molar-refractivity contribution is 5.98. The molecule has 172 valence electrons. The number of piperidine rings is 1. The molecular weight excluding hydrogens is 417 g/mol. The first-order chi connectivity index (χ1) is 15.5. The van der Waals surface area contributed by atoms with E-state index in [4.69, 9.17) is 9.47 Å². The Balaban J connectivity index is 1.40. The number of nitrogens with zero attached hydrogens (tertiary/aromatic N) is 3. The number of rotatable bonds is 3. The van der Waals surface area contributed by atoms with Gasteiger partial charge in [-0.15, -0.1) is 0 Å². The number of ether oxygens (including phenoxy) is 2. The van der Waals surface area contributed by atoms with Crippen LogP contribution in [-0.2, 0) is 19.1 Å². The van der Waals surface area contributed by atoms with Crippen LogP contribution in [0.25, 0.3) is 0 Å². The van der Waals surface area contributed by atoms with Crippen LogP contribution in [0, 0.1) is 11.7 Å². The van der Waals surface area contributed by atoms with Gasteiger partial charge in [-0.1, -0.05) is 0 Å². The summed E-state index contributed by atoms with van der Waals surface area (Å²) in [4.78, 5) is 44.6. The summed E-state index contributed by atoms with van der Waals surface area (Å²) in [5, 5.41) is 0. The number of halogens is 1. The minimum atomic E-state index is -0.946. The van der Waals surface area contributed by atoms with Crippen molar-refractivity contribution < 1.29 is 28.2 Å². The first-order valence-corrected chi connectivity index (χ1v) is 11.4. The second-order valence-corrected chi connectivity index (χ2v) is 8.99. The Kier molecular flexibility index (Phi) is 5.63. The molecule has 8 nitrogen and oxygen atoms in total. The van der Waals surface area contributed by atoms with Crippen LogP contribution in [0.4, 0.5) is 4.39 Å². The summed E-state index contributed by atoms with van der Waals surface area (Å²) >= 11 is 0. The fourth-order valence-corrected chi connectivity index (χ4v) is 4.95. The van der Waals surface area contributed by atoms with Crippen LogP contribution in [0.15, 0.2) is 24.3 Å². The van der Waals surface area contributed by atoms with Crippen molar-refractivity contribution in [3.8, 4) is 0 Å². The molecule has 1 unspecified atom stereocenters. The molecule has 9 heteroatoms. The van der Waals surface area contributed by atoms with Crippen LogP contribution in [0.3, 0.4) is 0 Å². The third-order valence-corrected chi connectivity index (χ3v) is 6.96. The van der Waals surface area contributed by atoms with E-state index in [0.29, 0.717) is 57.8 Å². The molecule has 3 heterocycles. The quantitative estimate of drug-likeness (QED) is 0.700. The summed E-state index contributed by atoms with van der Waals surface area (Å²) in [6, 6.07) is 4.60. The van der Waals surface area contributed by atoms with Gasteiger partial charge in [0.25, 0.3) is 5.91 Å². The highest BCUT2D eigenvalue weighted by atomic mass is 19.1. The van der Waals surface area contributed by atoms with Gasteiger partial charge >= 0.3 is 0 Å². The summed E-state index contributed by atoms with van der Waals surface area (Å²) in [6.07, 6.45) is 2.79. The fourth-order valence-electron chi connectivity index (χ4n) is 4.95. The number of hydrogen-bond acceptors (Lipinski definition) is 5. The van der Waals surface area contributed by atoms with Gasteiger partial charge < -0.3 is 19.3 Å². The van der Waals surface area contributed by atoms with Crippen LogP contribution in [0.1, 0.15) is 36.0 Å². The normalized spacial score (nSPS) is 25.3. The molecule has 5 rings (SSSR count). The van der Waals surface area contributed by atoms with Crippen molar-refractivity contribution >= 4 is 17.7 Å². The van der Waals surface area contributed by atoms with E-state index in [0.717, 1.165) is 12.8 Å². The van der Waals surface area contributed by atoms with Crippen LogP contribution < -0.4 is 0 Å².